The van der Waals surface area contributed by atoms with Crippen LogP contribution in [0.2, 0.25) is 0 Å². The summed E-state index contributed by atoms with van der Waals surface area (Å²) in [5, 5.41) is 17.9. The SMILES string of the molecule is O=C(O)c1cc(CN2C=CN=CC2)cnc1C(=O)O. The molecule has 7 heteroatoms. The van der Waals surface area contributed by atoms with Crippen molar-refractivity contribution in [3.63, 3.8) is 0 Å². The molecule has 0 unspecified atom stereocenters. The molecule has 0 saturated carbocycles. The minimum atomic E-state index is -1.35. The summed E-state index contributed by atoms with van der Waals surface area (Å²) in [7, 11) is 0. The van der Waals surface area contributed by atoms with E-state index in [4.69, 9.17) is 10.2 Å². The van der Waals surface area contributed by atoms with Crippen molar-refractivity contribution in [1.82, 2.24) is 9.88 Å². The summed E-state index contributed by atoms with van der Waals surface area (Å²) in [6, 6.07) is 1.33. The molecular formula is C12H11N3O4. The quantitative estimate of drug-likeness (QED) is 0.832. The molecule has 1 aromatic rings. The lowest BCUT2D eigenvalue weighted by Crippen LogP contribution is -2.21. The Morgan fingerprint density at radius 3 is 2.68 bits per heavy atom. The minimum absolute atomic E-state index is 0.306. The normalized spacial score (nSPS) is 13.6. The molecule has 1 aliphatic heterocycles. The van der Waals surface area contributed by atoms with Gasteiger partial charge >= 0.3 is 11.9 Å². The van der Waals surface area contributed by atoms with Gasteiger partial charge in [0.25, 0.3) is 0 Å². The summed E-state index contributed by atoms with van der Waals surface area (Å²) < 4.78 is 0. The van der Waals surface area contributed by atoms with E-state index in [1.165, 1.54) is 12.3 Å². The van der Waals surface area contributed by atoms with Crippen molar-refractivity contribution in [3.05, 3.63) is 41.5 Å². The molecule has 0 fully saturated rings. The molecule has 2 rings (SSSR count). The van der Waals surface area contributed by atoms with Gasteiger partial charge in [-0.05, 0) is 11.6 Å². The van der Waals surface area contributed by atoms with Gasteiger partial charge < -0.3 is 15.1 Å². The molecule has 7 nitrogen and oxygen atoms in total. The third-order valence-corrected chi connectivity index (χ3v) is 2.55. The average Bonchev–Trinajstić information content (AvgIpc) is 2.39. The van der Waals surface area contributed by atoms with E-state index >= 15 is 0 Å². The highest BCUT2D eigenvalue weighted by Gasteiger charge is 2.18. The molecule has 0 amide bonds. The lowest BCUT2D eigenvalue weighted by molar-refractivity contribution is 0.0646. The summed E-state index contributed by atoms with van der Waals surface area (Å²) in [4.78, 5) is 31.4. The second kappa shape index (κ2) is 5.30. The Bertz CT molecular complexity index is 580. The monoisotopic (exact) mass is 261 g/mol. The number of pyridine rings is 1. The van der Waals surface area contributed by atoms with Crippen LogP contribution in [0.15, 0.2) is 29.7 Å². The van der Waals surface area contributed by atoms with Gasteiger partial charge in [-0.15, -0.1) is 0 Å². The van der Waals surface area contributed by atoms with E-state index in [1.54, 1.807) is 18.6 Å². The number of carboxylic acid groups (broad SMARTS) is 2. The first-order valence-corrected chi connectivity index (χ1v) is 5.46. The summed E-state index contributed by atoms with van der Waals surface area (Å²) in [6.07, 6.45) is 6.48. The number of aliphatic imine (C=N–C) groups is 1. The van der Waals surface area contributed by atoms with Gasteiger partial charge in [-0.25, -0.2) is 14.6 Å². The van der Waals surface area contributed by atoms with Crippen LogP contribution in [0.3, 0.4) is 0 Å². The van der Waals surface area contributed by atoms with Gasteiger partial charge in [0.2, 0.25) is 0 Å². The molecule has 0 atom stereocenters. The Morgan fingerprint density at radius 1 is 1.32 bits per heavy atom. The van der Waals surface area contributed by atoms with Gasteiger partial charge in [-0.1, -0.05) is 0 Å². The first kappa shape index (κ1) is 12.7. The predicted molar refractivity (Wildman–Crippen MR) is 66.2 cm³/mol. The maximum Gasteiger partial charge on any atom is 0.355 e. The van der Waals surface area contributed by atoms with Crippen molar-refractivity contribution in [2.24, 2.45) is 4.99 Å². The third kappa shape index (κ3) is 2.95. The Morgan fingerprint density at radius 2 is 2.11 bits per heavy atom. The molecule has 0 aromatic carbocycles. The molecule has 2 heterocycles. The van der Waals surface area contributed by atoms with Gasteiger partial charge in [0.15, 0.2) is 5.69 Å². The van der Waals surface area contributed by atoms with Gasteiger partial charge in [0, 0.05) is 31.4 Å². The fourth-order valence-electron chi connectivity index (χ4n) is 1.69. The number of carboxylic acids is 2. The largest absolute Gasteiger partial charge is 0.478 e. The van der Waals surface area contributed by atoms with Crippen LogP contribution in [0.25, 0.3) is 0 Å². The van der Waals surface area contributed by atoms with Crippen LogP contribution >= 0.6 is 0 Å². The maximum atomic E-state index is 11.0. The number of aromatic nitrogens is 1. The van der Waals surface area contributed by atoms with Crippen LogP contribution in [0.5, 0.6) is 0 Å². The smallest absolute Gasteiger partial charge is 0.355 e. The number of aromatic carboxylic acids is 2. The fraction of sp³-hybridized carbons (Fsp3) is 0.167. The second-order valence-electron chi connectivity index (χ2n) is 3.91. The maximum absolute atomic E-state index is 11.0. The van der Waals surface area contributed by atoms with Crippen LogP contribution in [0, 0.1) is 0 Å². The van der Waals surface area contributed by atoms with Crippen molar-refractivity contribution in [2.45, 2.75) is 6.54 Å². The number of rotatable bonds is 4. The standard InChI is InChI=1S/C12H11N3O4/c16-11(17)9-5-8(6-14-10(9)12(18)19)7-15-3-1-13-2-4-15/h1-3,5-6H,4,7H2,(H,16,17)(H,18,19). The molecule has 0 aliphatic carbocycles. The number of hydrogen-bond donors (Lipinski definition) is 2. The Balaban J connectivity index is 2.25. The molecule has 98 valence electrons. The number of hydrogen-bond acceptors (Lipinski definition) is 5. The molecule has 1 aromatic heterocycles. The highest BCUT2D eigenvalue weighted by atomic mass is 16.4. The first-order valence-electron chi connectivity index (χ1n) is 5.46. The van der Waals surface area contributed by atoms with Crippen LogP contribution in [-0.4, -0.2) is 44.8 Å². The van der Waals surface area contributed by atoms with Crippen LogP contribution < -0.4 is 0 Å². The zero-order chi connectivity index (χ0) is 13.8. The number of nitrogens with zero attached hydrogens (tertiary/aromatic N) is 3. The van der Waals surface area contributed by atoms with Gasteiger partial charge in [-0.3, -0.25) is 4.99 Å². The van der Waals surface area contributed by atoms with Gasteiger partial charge in [-0.2, -0.15) is 0 Å². The Kier molecular flexibility index (Phi) is 3.56. The predicted octanol–water partition coefficient (Wildman–Crippen LogP) is 0.836. The molecule has 0 saturated heterocycles. The molecule has 0 spiro atoms. The molecular weight excluding hydrogens is 250 g/mol. The highest BCUT2D eigenvalue weighted by molar-refractivity contribution is 6.00. The Labute approximate surface area is 108 Å². The first-order chi connectivity index (χ1) is 9.08. The van der Waals surface area contributed by atoms with E-state index < -0.39 is 17.6 Å². The topological polar surface area (TPSA) is 103 Å². The molecule has 0 radical (unpaired) electrons. The minimum Gasteiger partial charge on any atom is -0.478 e. The zero-order valence-corrected chi connectivity index (χ0v) is 9.85. The second-order valence-corrected chi connectivity index (χ2v) is 3.91. The number of carbonyl (C=O) groups is 2. The Hall–Kier alpha value is -2.70. The molecule has 1 aliphatic rings. The van der Waals surface area contributed by atoms with E-state index in [1.807, 2.05) is 4.90 Å². The fourth-order valence-corrected chi connectivity index (χ4v) is 1.69. The average molecular weight is 261 g/mol. The van der Waals surface area contributed by atoms with Crippen molar-refractivity contribution in [2.75, 3.05) is 6.54 Å². The van der Waals surface area contributed by atoms with Crippen molar-refractivity contribution < 1.29 is 19.8 Å². The van der Waals surface area contributed by atoms with Crippen LogP contribution in [0.4, 0.5) is 0 Å². The van der Waals surface area contributed by atoms with E-state index in [-0.39, 0.29) is 5.56 Å². The van der Waals surface area contributed by atoms with Crippen LogP contribution in [-0.2, 0) is 6.54 Å². The summed E-state index contributed by atoms with van der Waals surface area (Å²) in [5.41, 5.74) is -0.131. The lowest BCUT2D eigenvalue weighted by atomic mass is 10.1. The van der Waals surface area contributed by atoms with Gasteiger partial charge in [0.1, 0.15) is 0 Å². The highest BCUT2D eigenvalue weighted by Crippen LogP contribution is 2.12. The lowest BCUT2D eigenvalue weighted by Gasteiger charge is -2.19. The summed E-state index contributed by atoms with van der Waals surface area (Å²) >= 11 is 0. The van der Waals surface area contributed by atoms with Gasteiger partial charge in [0.05, 0.1) is 12.1 Å². The van der Waals surface area contributed by atoms with Crippen LogP contribution in [0.1, 0.15) is 26.4 Å². The zero-order valence-electron chi connectivity index (χ0n) is 9.85. The van der Waals surface area contributed by atoms with Crippen molar-refractivity contribution >= 4 is 18.2 Å². The molecule has 2 N–H and O–H groups in total. The molecule has 19 heavy (non-hydrogen) atoms. The molecule has 0 bridgehead atoms. The third-order valence-electron chi connectivity index (χ3n) is 2.55. The van der Waals surface area contributed by atoms with E-state index in [2.05, 4.69) is 9.98 Å². The van der Waals surface area contributed by atoms with Crippen molar-refractivity contribution in [3.8, 4) is 0 Å². The summed E-state index contributed by atoms with van der Waals surface area (Å²) in [5.74, 6) is -2.66. The van der Waals surface area contributed by atoms with E-state index in [0.717, 1.165) is 0 Å². The van der Waals surface area contributed by atoms with Crippen molar-refractivity contribution in [1.29, 1.82) is 0 Å². The van der Waals surface area contributed by atoms with E-state index in [0.29, 0.717) is 18.7 Å². The summed E-state index contributed by atoms with van der Waals surface area (Å²) in [6.45, 7) is 1.05. The van der Waals surface area contributed by atoms with E-state index in [9.17, 15) is 9.59 Å².